The number of amides is 1. The standard InChI is InChI=1S/C14H20N4O/c1-3-6-15-13-9-12(16-10-17-13)14(19)18-7-4-11(2)5-8-18/h3,9-11H,1,4-8H2,2H3,(H,15,16,17). The summed E-state index contributed by atoms with van der Waals surface area (Å²) in [7, 11) is 0. The highest BCUT2D eigenvalue weighted by Crippen LogP contribution is 2.18. The van der Waals surface area contributed by atoms with Crippen molar-refractivity contribution in [3.63, 3.8) is 0 Å². The van der Waals surface area contributed by atoms with Crippen LogP contribution in [0.2, 0.25) is 0 Å². The molecule has 1 aromatic heterocycles. The number of piperidine rings is 1. The Hall–Kier alpha value is -1.91. The molecular formula is C14H20N4O. The van der Waals surface area contributed by atoms with Crippen molar-refractivity contribution in [2.75, 3.05) is 25.0 Å². The van der Waals surface area contributed by atoms with Gasteiger partial charge in [0.2, 0.25) is 0 Å². The molecule has 5 nitrogen and oxygen atoms in total. The zero-order valence-corrected chi connectivity index (χ0v) is 11.3. The van der Waals surface area contributed by atoms with Crippen LogP contribution in [0.25, 0.3) is 0 Å². The quantitative estimate of drug-likeness (QED) is 0.841. The number of aromatic nitrogens is 2. The van der Waals surface area contributed by atoms with Gasteiger partial charge in [-0.05, 0) is 18.8 Å². The molecule has 0 atom stereocenters. The third-order valence-electron chi connectivity index (χ3n) is 3.38. The van der Waals surface area contributed by atoms with E-state index in [-0.39, 0.29) is 5.91 Å². The number of anilines is 1. The van der Waals surface area contributed by atoms with E-state index in [0.29, 0.717) is 24.0 Å². The van der Waals surface area contributed by atoms with Crippen molar-refractivity contribution in [2.24, 2.45) is 5.92 Å². The molecule has 0 spiro atoms. The fourth-order valence-corrected chi connectivity index (χ4v) is 2.12. The minimum atomic E-state index is -0.00375. The van der Waals surface area contributed by atoms with Crippen molar-refractivity contribution in [3.05, 3.63) is 30.7 Å². The number of rotatable bonds is 4. The SMILES string of the molecule is C=CCNc1cc(C(=O)N2CCC(C)CC2)ncn1. The summed E-state index contributed by atoms with van der Waals surface area (Å²) in [5.74, 6) is 1.36. The highest BCUT2D eigenvalue weighted by molar-refractivity contribution is 5.92. The van der Waals surface area contributed by atoms with Crippen LogP contribution in [0.1, 0.15) is 30.3 Å². The Balaban J connectivity index is 2.04. The Morgan fingerprint density at radius 2 is 2.26 bits per heavy atom. The number of nitrogens with zero attached hydrogens (tertiary/aromatic N) is 3. The average Bonchev–Trinajstić information content (AvgIpc) is 2.45. The third-order valence-corrected chi connectivity index (χ3v) is 3.38. The largest absolute Gasteiger partial charge is 0.366 e. The fraction of sp³-hybridized carbons (Fsp3) is 0.500. The summed E-state index contributed by atoms with van der Waals surface area (Å²) in [6.07, 6.45) is 5.30. The lowest BCUT2D eigenvalue weighted by Crippen LogP contribution is -2.38. The summed E-state index contributed by atoms with van der Waals surface area (Å²) >= 11 is 0. The van der Waals surface area contributed by atoms with E-state index in [4.69, 9.17) is 0 Å². The molecule has 1 saturated heterocycles. The first-order valence-electron chi connectivity index (χ1n) is 6.67. The van der Waals surface area contributed by atoms with Crippen LogP contribution in [0.15, 0.2) is 25.0 Å². The lowest BCUT2D eigenvalue weighted by molar-refractivity contribution is 0.0691. The highest BCUT2D eigenvalue weighted by atomic mass is 16.2. The maximum Gasteiger partial charge on any atom is 0.272 e. The summed E-state index contributed by atoms with van der Waals surface area (Å²) in [6.45, 7) is 8.11. The molecule has 1 aromatic rings. The van der Waals surface area contributed by atoms with Crippen molar-refractivity contribution in [2.45, 2.75) is 19.8 Å². The van der Waals surface area contributed by atoms with Crippen molar-refractivity contribution < 1.29 is 4.79 Å². The van der Waals surface area contributed by atoms with Gasteiger partial charge in [-0.2, -0.15) is 0 Å². The van der Waals surface area contributed by atoms with Crippen LogP contribution in [0, 0.1) is 5.92 Å². The molecule has 0 saturated carbocycles. The van der Waals surface area contributed by atoms with Gasteiger partial charge in [0.05, 0.1) is 0 Å². The van der Waals surface area contributed by atoms with Crippen LogP contribution in [0.5, 0.6) is 0 Å². The minimum absolute atomic E-state index is 0.00375. The summed E-state index contributed by atoms with van der Waals surface area (Å²) in [5, 5.41) is 3.06. The number of hydrogen-bond acceptors (Lipinski definition) is 4. The van der Waals surface area contributed by atoms with Gasteiger partial charge in [0, 0.05) is 25.7 Å². The molecule has 0 aromatic carbocycles. The molecule has 1 amide bonds. The molecule has 19 heavy (non-hydrogen) atoms. The van der Waals surface area contributed by atoms with E-state index in [1.807, 2.05) is 4.90 Å². The Morgan fingerprint density at radius 1 is 1.53 bits per heavy atom. The number of hydrogen-bond donors (Lipinski definition) is 1. The van der Waals surface area contributed by atoms with E-state index in [9.17, 15) is 4.79 Å². The molecule has 1 aliphatic heterocycles. The highest BCUT2D eigenvalue weighted by Gasteiger charge is 2.22. The second-order valence-electron chi connectivity index (χ2n) is 4.93. The van der Waals surface area contributed by atoms with Gasteiger partial charge in [0.1, 0.15) is 17.8 Å². The average molecular weight is 260 g/mol. The van der Waals surface area contributed by atoms with E-state index in [1.165, 1.54) is 6.33 Å². The van der Waals surface area contributed by atoms with Gasteiger partial charge in [-0.1, -0.05) is 13.0 Å². The zero-order chi connectivity index (χ0) is 13.7. The van der Waals surface area contributed by atoms with Crippen LogP contribution < -0.4 is 5.32 Å². The fourth-order valence-electron chi connectivity index (χ4n) is 2.12. The molecule has 0 aliphatic carbocycles. The summed E-state index contributed by atoms with van der Waals surface area (Å²) < 4.78 is 0. The van der Waals surface area contributed by atoms with Crippen molar-refractivity contribution >= 4 is 11.7 Å². The van der Waals surface area contributed by atoms with E-state index in [2.05, 4.69) is 28.8 Å². The molecule has 1 fully saturated rings. The molecule has 1 aliphatic rings. The molecule has 0 radical (unpaired) electrons. The summed E-state index contributed by atoms with van der Waals surface area (Å²) in [4.78, 5) is 22.3. The van der Waals surface area contributed by atoms with Crippen molar-refractivity contribution in [1.82, 2.24) is 14.9 Å². The normalized spacial score (nSPS) is 16.2. The smallest absolute Gasteiger partial charge is 0.272 e. The van der Waals surface area contributed by atoms with Crippen LogP contribution in [0.3, 0.4) is 0 Å². The third kappa shape index (κ3) is 3.53. The van der Waals surface area contributed by atoms with E-state index in [0.717, 1.165) is 25.9 Å². The minimum Gasteiger partial charge on any atom is -0.366 e. The van der Waals surface area contributed by atoms with Gasteiger partial charge in [0.15, 0.2) is 0 Å². The topological polar surface area (TPSA) is 58.1 Å². The van der Waals surface area contributed by atoms with Crippen LogP contribution in [-0.4, -0.2) is 40.4 Å². The van der Waals surface area contributed by atoms with Gasteiger partial charge in [-0.25, -0.2) is 9.97 Å². The summed E-state index contributed by atoms with van der Waals surface area (Å²) in [6, 6.07) is 1.70. The molecule has 102 valence electrons. The van der Waals surface area contributed by atoms with Crippen LogP contribution in [-0.2, 0) is 0 Å². The number of likely N-dealkylation sites (tertiary alicyclic amines) is 1. The number of carbonyl (C=O) groups excluding carboxylic acids is 1. The second kappa shape index (κ2) is 6.31. The van der Waals surface area contributed by atoms with Crippen molar-refractivity contribution in [1.29, 1.82) is 0 Å². The Morgan fingerprint density at radius 3 is 2.95 bits per heavy atom. The lowest BCUT2D eigenvalue weighted by atomic mass is 9.99. The van der Waals surface area contributed by atoms with E-state index >= 15 is 0 Å². The first-order valence-corrected chi connectivity index (χ1v) is 6.67. The van der Waals surface area contributed by atoms with Gasteiger partial charge in [0.25, 0.3) is 5.91 Å². The molecule has 5 heteroatoms. The first-order chi connectivity index (χ1) is 9.20. The maximum absolute atomic E-state index is 12.3. The summed E-state index contributed by atoms with van der Waals surface area (Å²) in [5.41, 5.74) is 0.455. The number of carbonyl (C=O) groups is 1. The van der Waals surface area contributed by atoms with Crippen molar-refractivity contribution in [3.8, 4) is 0 Å². The first kappa shape index (κ1) is 13.5. The van der Waals surface area contributed by atoms with Gasteiger partial charge in [-0.15, -0.1) is 6.58 Å². The molecule has 0 unspecified atom stereocenters. The zero-order valence-electron chi connectivity index (χ0n) is 11.3. The van der Waals surface area contributed by atoms with E-state index in [1.54, 1.807) is 12.1 Å². The van der Waals surface area contributed by atoms with Gasteiger partial charge in [-0.3, -0.25) is 4.79 Å². The lowest BCUT2D eigenvalue weighted by Gasteiger charge is -2.30. The molecule has 2 heterocycles. The Kier molecular flexibility index (Phi) is 4.49. The monoisotopic (exact) mass is 260 g/mol. The van der Waals surface area contributed by atoms with E-state index < -0.39 is 0 Å². The van der Waals surface area contributed by atoms with Gasteiger partial charge >= 0.3 is 0 Å². The molecule has 0 bridgehead atoms. The number of nitrogens with one attached hydrogen (secondary N) is 1. The van der Waals surface area contributed by atoms with Gasteiger partial charge < -0.3 is 10.2 Å². The predicted molar refractivity (Wildman–Crippen MR) is 75.0 cm³/mol. The van der Waals surface area contributed by atoms with Crippen LogP contribution >= 0.6 is 0 Å². The maximum atomic E-state index is 12.3. The predicted octanol–water partition coefficient (Wildman–Crippen LogP) is 1.95. The Labute approximate surface area is 113 Å². The van der Waals surface area contributed by atoms with Crippen LogP contribution in [0.4, 0.5) is 5.82 Å². The Bertz CT molecular complexity index is 453. The molecule has 1 N–H and O–H groups in total. The second-order valence-corrected chi connectivity index (χ2v) is 4.93. The molecule has 2 rings (SSSR count). The molecular weight excluding hydrogens is 240 g/mol.